The lowest BCUT2D eigenvalue weighted by molar-refractivity contribution is 0.0953. The standard InChI is InChI=1S/C30H21N3O3/c1-32-28-25(29(35)33(2)30(32)36)23(24-26(31-28)20-13-7-8-14-21(20)27(24)34)22-18-11-5-3-9-16(18)15-17-10-4-6-12-19(17)22/h3-15,23-24H,1-2H3/t23-,24+/m1/s1. The summed E-state index contributed by atoms with van der Waals surface area (Å²) in [7, 11) is 3.11. The third-order valence-electron chi connectivity index (χ3n) is 7.71. The molecule has 0 saturated heterocycles. The molecule has 6 heteroatoms. The van der Waals surface area contributed by atoms with Crippen molar-refractivity contribution in [2.45, 2.75) is 5.92 Å². The Kier molecular flexibility index (Phi) is 4.16. The van der Waals surface area contributed by atoms with Gasteiger partial charge in [0.05, 0.1) is 17.2 Å². The Morgan fingerprint density at radius 2 is 1.25 bits per heavy atom. The van der Waals surface area contributed by atoms with Crippen LogP contribution in [0, 0.1) is 5.92 Å². The smallest absolute Gasteiger partial charge is 0.293 e. The van der Waals surface area contributed by atoms with Gasteiger partial charge in [0.25, 0.3) is 5.56 Å². The molecule has 0 spiro atoms. The number of hydrogen-bond donors (Lipinski definition) is 0. The maximum atomic E-state index is 14.0. The highest BCUT2D eigenvalue weighted by molar-refractivity contribution is 6.30. The van der Waals surface area contributed by atoms with Crippen LogP contribution in [0.25, 0.3) is 21.5 Å². The van der Waals surface area contributed by atoms with Crippen LogP contribution >= 0.6 is 0 Å². The molecule has 36 heavy (non-hydrogen) atoms. The highest BCUT2D eigenvalue weighted by Crippen LogP contribution is 2.49. The van der Waals surface area contributed by atoms with E-state index in [1.165, 1.54) is 11.6 Å². The average Bonchev–Trinajstić information content (AvgIpc) is 3.20. The minimum Gasteiger partial charge on any atom is -0.293 e. The van der Waals surface area contributed by atoms with Crippen molar-refractivity contribution in [2.75, 3.05) is 0 Å². The van der Waals surface area contributed by atoms with Crippen molar-refractivity contribution >= 4 is 38.9 Å². The maximum Gasteiger partial charge on any atom is 0.332 e. The molecular weight excluding hydrogens is 450 g/mol. The predicted molar refractivity (Wildman–Crippen MR) is 141 cm³/mol. The largest absolute Gasteiger partial charge is 0.332 e. The first-order valence-corrected chi connectivity index (χ1v) is 11.9. The Labute approximate surface area is 205 Å². The Hall–Kier alpha value is -4.58. The molecular formula is C30H21N3O3. The molecule has 2 atom stereocenters. The second-order valence-corrected chi connectivity index (χ2v) is 9.54. The van der Waals surface area contributed by atoms with Gasteiger partial charge in [-0.25, -0.2) is 9.79 Å². The van der Waals surface area contributed by atoms with E-state index in [9.17, 15) is 14.4 Å². The zero-order valence-corrected chi connectivity index (χ0v) is 19.7. The van der Waals surface area contributed by atoms with E-state index in [1.54, 1.807) is 7.05 Å². The highest BCUT2D eigenvalue weighted by Gasteiger charge is 2.48. The summed E-state index contributed by atoms with van der Waals surface area (Å²) in [6, 6.07) is 25.7. The Morgan fingerprint density at radius 3 is 1.92 bits per heavy atom. The van der Waals surface area contributed by atoms with Crippen LogP contribution in [0.2, 0.25) is 0 Å². The van der Waals surface area contributed by atoms with Gasteiger partial charge in [0.2, 0.25) is 0 Å². The normalized spacial score (nSPS) is 18.2. The number of rotatable bonds is 1. The topological polar surface area (TPSA) is 73.4 Å². The van der Waals surface area contributed by atoms with Crippen molar-refractivity contribution in [3.63, 3.8) is 0 Å². The minimum absolute atomic E-state index is 0.0482. The molecule has 0 radical (unpaired) electrons. The van der Waals surface area contributed by atoms with E-state index < -0.39 is 23.1 Å². The van der Waals surface area contributed by atoms with Crippen LogP contribution in [0.15, 0.2) is 93.4 Å². The van der Waals surface area contributed by atoms with Gasteiger partial charge in [0.1, 0.15) is 5.82 Å². The number of carbonyl (C=O) groups excluding carboxylic acids is 1. The quantitative estimate of drug-likeness (QED) is 0.339. The molecule has 2 aliphatic rings. The zero-order chi connectivity index (χ0) is 24.7. The summed E-state index contributed by atoms with van der Waals surface area (Å²) < 4.78 is 2.54. The van der Waals surface area contributed by atoms with Crippen molar-refractivity contribution in [1.29, 1.82) is 0 Å². The second kappa shape index (κ2) is 7.21. The summed E-state index contributed by atoms with van der Waals surface area (Å²) in [6.07, 6.45) is 0. The molecule has 1 aliphatic carbocycles. The third kappa shape index (κ3) is 2.56. The van der Waals surface area contributed by atoms with Gasteiger partial charge in [0.15, 0.2) is 5.78 Å². The van der Waals surface area contributed by atoms with Crippen LogP contribution in [-0.2, 0) is 14.1 Å². The lowest BCUT2D eigenvalue weighted by Gasteiger charge is -2.31. The molecule has 5 aromatic rings. The van der Waals surface area contributed by atoms with Crippen LogP contribution < -0.4 is 11.2 Å². The van der Waals surface area contributed by atoms with Crippen LogP contribution in [0.1, 0.15) is 33.0 Å². The van der Waals surface area contributed by atoms with E-state index in [4.69, 9.17) is 4.99 Å². The molecule has 6 nitrogen and oxygen atoms in total. The van der Waals surface area contributed by atoms with E-state index >= 15 is 0 Å². The lowest BCUT2D eigenvalue weighted by Crippen LogP contribution is -2.43. The molecule has 1 aromatic heterocycles. The number of Topliss-reactive ketones (excluding diaryl/α,β-unsaturated/α-hetero) is 1. The van der Waals surface area contributed by atoms with Crippen LogP contribution in [0.4, 0.5) is 5.82 Å². The number of nitrogens with zero attached hydrogens (tertiary/aromatic N) is 3. The number of carbonyl (C=O) groups is 1. The molecule has 0 unspecified atom stereocenters. The molecule has 2 heterocycles. The van der Waals surface area contributed by atoms with E-state index in [0.29, 0.717) is 22.7 Å². The molecule has 174 valence electrons. The Morgan fingerprint density at radius 1 is 0.667 bits per heavy atom. The van der Waals surface area contributed by atoms with Crippen molar-refractivity contribution in [1.82, 2.24) is 9.13 Å². The predicted octanol–water partition coefficient (Wildman–Crippen LogP) is 4.47. The molecule has 0 N–H and O–H groups in total. The Bertz CT molecular complexity index is 1890. The number of aliphatic imine (C=N–C) groups is 1. The lowest BCUT2D eigenvalue weighted by atomic mass is 9.73. The number of aromatic nitrogens is 2. The summed E-state index contributed by atoms with van der Waals surface area (Å²) in [5.74, 6) is -0.989. The number of benzene rings is 4. The minimum atomic E-state index is -0.658. The van der Waals surface area contributed by atoms with Crippen molar-refractivity contribution < 1.29 is 4.79 Å². The molecule has 0 amide bonds. The summed E-state index contributed by atoms with van der Waals surface area (Å²) in [5.41, 5.74) is 2.43. The van der Waals surface area contributed by atoms with Gasteiger partial charge in [-0.2, -0.15) is 0 Å². The summed E-state index contributed by atoms with van der Waals surface area (Å²) in [5, 5.41) is 4.02. The molecule has 4 aromatic carbocycles. The van der Waals surface area contributed by atoms with E-state index in [0.717, 1.165) is 37.2 Å². The Balaban J connectivity index is 1.70. The van der Waals surface area contributed by atoms with E-state index in [-0.39, 0.29) is 5.78 Å². The monoisotopic (exact) mass is 471 g/mol. The van der Waals surface area contributed by atoms with Gasteiger partial charge in [-0.15, -0.1) is 0 Å². The number of ketones is 1. The van der Waals surface area contributed by atoms with Gasteiger partial charge >= 0.3 is 5.69 Å². The first-order valence-electron chi connectivity index (χ1n) is 11.9. The first-order chi connectivity index (χ1) is 17.5. The van der Waals surface area contributed by atoms with Gasteiger partial charge in [-0.05, 0) is 33.2 Å². The highest BCUT2D eigenvalue weighted by atomic mass is 16.2. The molecule has 0 fully saturated rings. The van der Waals surface area contributed by atoms with Crippen LogP contribution in [-0.4, -0.2) is 20.6 Å². The molecule has 0 saturated carbocycles. The fraction of sp³-hybridized carbons (Fsp3) is 0.133. The van der Waals surface area contributed by atoms with Gasteiger partial charge in [-0.3, -0.25) is 18.7 Å². The molecule has 1 aliphatic heterocycles. The van der Waals surface area contributed by atoms with Gasteiger partial charge in [0, 0.05) is 31.1 Å². The maximum absolute atomic E-state index is 14.0. The summed E-state index contributed by atoms with van der Waals surface area (Å²) in [6.45, 7) is 0. The summed E-state index contributed by atoms with van der Waals surface area (Å²) >= 11 is 0. The molecule has 7 rings (SSSR count). The van der Waals surface area contributed by atoms with Gasteiger partial charge < -0.3 is 0 Å². The third-order valence-corrected chi connectivity index (χ3v) is 7.71. The fourth-order valence-corrected chi connectivity index (χ4v) is 6.06. The van der Waals surface area contributed by atoms with Crippen molar-refractivity contribution in [2.24, 2.45) is 25.0 Å². The average molecular weight is 472 g/mol. The second-order valence-electron chi connectivity index (χ2n) is 9.54. The summed E-state index contributed by atoms with van der Waals surface area (Å²) in [4.78, 5) is 45.5. The van der Waals surface area contributed by atoms with Crippen molar-refractivity contribution in [3.05, 3.63) is 122 Å². The SMILES string of the molecule is Cn1c2c(c(=O)n(C)c1=O)[C@H](c1c3ccccc3cc3ccccc13)[C@@H]1C(=O)c3ccccc3C1=N2. The van der Waals surface area contributed by atoms with Crippen LogP contribution in [0.5, 0.6) is 0 Å². The van der Waals surface area contributed by atoms with Gasteiger partial charge in [-0.1, -0.05) is 72.8 Å². The zero-order valence-electron chi connectivity index (χ0n) is 19.7. The molecule has 0 bridgehead atoms. The van der Waals surface area contributed by atoms with Crippen LogP contribution in [0.3, 0.4) is 0 Å². The van der Waals surface area contributed by atoms with Crippen molar-refractivity contribution in [3.8, 4) is 0 Å². The van der Waals surface area contributed by atoms with E-state index in [1.807, 2.05) is 72.8 Å². The number of fused-ring (bicyclic) bond motifs is 6. The number of hydrogen-bond acceptors (Lipinski definition) is 4. The first kappa shape index (κ1) is 20.8. The van der Waals surface area contributed by atoms with E-state index in [2.05, 4.69) is 6.07 Å². The fourth-order valence-electron chi connectivity index (χ4n) is 6.06.